The smallest absolute Gasteiger partial charge is 0.248 e. The summed E-state index contributed by atoms with van der Waals surface area (Å²) in [6, 6.07) is 7.96. The Bertz CT molecular complexity index is 422. The van der Waals surface area contributed by atoms with Gasteiger partial charge in [-0.3, -0.25) is 0 Å². The number of hydrogen-bond acceptors (Lipinski definition) is 1. The highest BCUT2D eigenvalue weighted by Gasteiger charge is 2.03. The van der Waals surface area contributed by atoms with Crippen molar-refractivity contribution in [3.8, 4) is 11.4 Å². The Labute approximate surface area is 106 Å². The van der Waals surface area contributed by atoms with Gasteiger partial charge in [0, 0.05) is 0 Å². The van der Waals surface area contributed by atoms with Crippen LogP contribution in [0.15, 0.2) is 43.0 Å². The van der Waals surface area contributed by atoms with Crippen molar-refractivity contribution in [1.82, 2.24) is 4.57 Å². The summed E-state index contributed by atoms with van der Waals surface area (Å²) in [5.41, 5.74) is 1.13. The van der Waals surface area contributed by atoms with Crippen LogP contribution >= 0.6 is 0 Å². The maximum atomic E-state index is 5.10. The van der Waals surface area contributed by atoms with Gasteiger partial charge in [0.25, 0.3) is 0 Å². The van der Waals surface area contributed by atoms with E-state index >= 15 is 0 Å². The van der Waals surface area contributed by atoms with Gasteiger partial charge in [-0.25, -0.2) is 9.13 Å². The molecule has 1 heterocycles. The van der Waals surface area contributed by atoms with E-state index in [1.54, 1.807) is 7.11 Å². The third kappa shape index (κ3) is 2.71. The monoisotopic (exact) mass is 316 g/mol. The molecule has 0 radical (unpaired) electrons. The largest absolute Gasteiger partial charge is 1.00 e. The number of methoxy groups -OCH3 is 1. The molecule has 1 aromatic heterocycles. The molecular weight excluding hydrogens is 303 g/mol. The molecule has 3 nitrogen and oxygen atoms in total. The zero-order valence-corrected chi connectivity index (χ0v) is 10.9. The number of ether oxygens (including phenoxy) is 1. The first-order valence-electron chi connectivity index (χ1n) is 4.47. The van der Waals surface area contributed by atoms with Crippen LogP contribution in [-0.2, 0) is 7.05 Å². The molecule has 0 amide bonds. The van der Waals surface area contributed by atoms with Crippen LogP contribution in [0.3, 0.4) is 0 Å². The SMILES string of the molecule is COc1ccc(-[n+]2ccn(C)c2)cc1.[I-]. The topological polar surface area (TPSA) is 18.0 Å². The zero-order chi connectivity index (χ0) is 9.97. The lowest BCUT2D eigenvalue weighted by molar-refractivity contribution is -0.595. The van der Waals surface area contributed by atoms with Crippen molar-refractivity contribution in [2.45, 2.75) is 0 Å². The number of nitrogens with zero attached hydrogens (tertiary/aromatic N) is 2. The molecule has 80 valence electrons. The van der Waals surface area contributed by atoms with Crippen LogP contribution < -0.4 is 33.3 Å². The van der Waals surface area contributed by atoms with Gasteiger partial charge in [0.1, 0.15) is 23.8 Å². The molecule has 0 saturated heterocycles. The van der Waals surface area contributed by atoms with E-state index in [4.69, 9.17) is 4.74 Å². The Morgan fingerprint density at radius 2 is 1.87 bits per heavy atom. The van der Waals surface area contributed by atoms with Crippen LogP contribution in [-0.4, -0.2) is 11.7 Å². The minimum Gasteiger partial charge on any atom is -1.00 e. The van der Waals surface area contributed by atoms with Crippen LogP contribution in [0.25, 0.3) is 5.69 Å². The summed E-state index contributed by atoms with van der Waals surface area (Å²) in [5, 5.41) is 0. The molecule has 0 unspecified atom stereocenters. The standard InChI is InChI=1S/C11H13N2O.HI/c1-12-7-8-13(9-12)10-3-5-11(14-2)6-4-10;/h3-9H,1-2H3;1H/q+1;/p-1. The van der Waals surface area contributed by atoms with Crippen molar-refractivity contribution in [3.63, 3.8) is 0 Å². The van der Waals surface area contributed by atoms with Crippen LogP contribution in [0.2, 0.25) is 0 Å². The van der Waals surface area contributed by atoms with Crippen LogP contribution in [0.5, 0.6) is 5.75 Å². The molecule has 0 aliphatic heterocycles. The van der Waals surface area contributed by atoms with Gasteiger partial charge in [0.15, 0.2) is 0 Å². The lowest BCUT2D eigenvalue weighted by Gasteiger charge is -1.99. The predicted molar refractivity (Wildman–Crippen MR) is 53.5 cm³/mol. The van der Waals surface area contributed by atoms with Crippen LogP contribution in [0.4, 0.5) is 0 Å². The first-order valence-corrected chi connectivity index (χ1v) is 4.47. The maximum absolute atomic E-state index is 5.10. The van der Waals surface area contributed by atoms with Crippen molar-refractivity contribution in [2.24, 2.45) is 7.05 Å². The van der Waals surface area contributed by atoms with Gasteiger partial charge in [0.05, 0.1) is 14.2 Å². The molecule has 0 saturated carbocycles. The lowest BCUT2D eigenvalue weighted by Crippen LogP contribution is -3.00. The fourth-order valence-electron chi connectivity index (χ4n) is 1.36. The summed E-state index contributed by atoms with van der Waals surface area (Å²) >= 11 is 0. The normalized spacial score (nSPS) is 9.47. The highest BCUT2D eigenvalue weighted by Crippen LogP contribution is 2.10. The van der Waals surface area contributed by atoms with Gasteiger partial charge in [-0.2, -0.15) is 0 Å². The molecule has 0 atom stereocenters. The molecule has 15 heavy (non-hydrogen) atoms. The first kappa shape index (κ1) is 12.0. The zero-order valence-electron chi connectivity index (χ0n) is 8.72. The average molecular weight is 316 g/mol. The summed E-state index contributed by atoms with van der Waals surface area (Å²) in [5.74, 6) is 0.880. The van der Waals surface area contributed by atoms with Gasteiger partial charge in [0.2, 0.25) is 6.33 Å². The van der Waals surface area contributed by atoms with E-state index in [0.717, 1.165) is 11.4 Å². The van der Waals surface area contributed by atoms with E-state index in [1.165, 1.54) is 0 Å². The Kier molecular flexibility index (Phi) is 4.14. The number of benzene rings is 1. The lowest BCUT2D eigenvalue weighted by atomic mass is 10.3. The number of hydrogen-bond donors (Lipinski definition) is 0. The van der Waals surface area contributed by atoms with Crippen molar-refractivity contribution >= 4 is 0 Å². The second-order valence-corrected chi connectivity index (χ2v) is 3.18. The number of aromatic nitrogens is 2. The Balaban J connectivity index is 0.00000112. The first-order chi connectivity index (χ1) is 6.79. The highest BCUT2D eigenvalue weighted by molar-refractivity contribution is 5.31. The Morgan fingerprint density at radius 1 is 1.20 bits per heavy atom. The van der Waals surface area contributed by atoms with Gasteiger partial charge in [-0.1, -0.05) is 0 Å². The number of imidazole rings is 1. The quantitative estimate of drug-likeness (QED) is 0.478. The van der Waals surface area contributed by atoms with Crippen molar-refractivity contribution in [3.05, 3.63) is 43.0 Å². The molecule has 0 aliphatic carbocycles. The summed E-state index contributed by atoms with van der Waals surface area (Å²) in [7, 11) is 3.67. The number of aryl methyl sites for hydroxylation is 1. The number of halogens is 1. The minimum atomic E-state index is 0. The highest BCUT2D eigenvalue weighted by atomic mass is 127. The van der Waals surface area contributed by atoms with Gasteiger partial charge >= 0.3 is 0 Å². The van der Waals surface area contributed by atoms with Crippen molar-refractivity contribution < 1.29 is 33.3 Å². The van der Waals surface area contributed by atoms with Gasteiger partial charge < -0.3 is 28.7 Å². The number of rotatable bonds is 2. The van der Waals surface area contributed by atoms with Gasteiger partial charge in [-0.05, 0) is 24.3 Å². The van der Waals surface area contributed by atoms with Crippen LogP contribution in [0.1, 0.15) is 0 Å². The molecule has 0 aliphatic rings. The van der Waals surface area contributed by atoms with Gasteiger partial charge in [-0.15, -0.1) is 0 Å². The van der Waals surface area contributed by atoms with E-state index in [-0.39, 0.29) is 24.0 Å². The Morgan fingerprint density at radius 3 is 2.33 bits per heavy atom. The van der Waals surface area contributed by atoms with Crippen LogP contribution in [0, 0.1) is 0 Å². The second kappa shape index (κ2) is 5.16. The summed E-state index contributed by atoms with van der Waals surface area (Å²) in [6.07, 6.45) is 6.04. The third-order valence-electron chi connectivity index (χ3n) is 2.14. The molecule has 2 rings (SSSR count). The summed E-state index contributed by atoms with van der Waals surface area (Å²) in [6.45, 7) is 0. The van der Waals surface area contributed by atoms with E-state index in [1.807, 2.05) is 54.6 Å². The van der Waals surface area contributed by atoms with E-state index in [2.05, 4.69) is 4.57 Å². The molecule has 4 heteroatoms. The molecular formula is C11H13IN2O. The third-order valence-corrected chi connectivity index (χ3v) is 2.14. The summed E-state index contributed by atoms with van der Waals surface area (Å²) in [4.78, 5) is 0. The van der Waals surface area contributed by atoms with E-state index < -0.39 is 0 Å². The minimum absolute atomic E-state index is 0. The maximum Gasteiger partial charge on any atom is 0.248 e. The summed E-state index contributed by atoms with van der Waals surface area (Å²) < 4.78 is 9.15. The van der Waals surface area contributed by atoms with Crippen molar-refractivity contribution in [1.29, 1.82) is 0 Å². The molecule has 0 fully saturated rings. The molecule has 0 spiro atoms. The second-order valence-electron chi connectivity index (χ2n) is 3.18. The molecule has 2 aromatic rings. The molecule has 0 N–H and O–H groups in total. The average Bonchev–Trinajstić information content (AvgIpc) is 2.65. The molecule has 1 aromatic carbocycles. The predicted octanol–water partition coefficient (Wildman–Crippen LogP) is -1.69. The fraction of sp³-hybridized carbons (Fsp3) is 0.182. The van der Waals surface area contributed by atoms with E-state index in [9.17, 15) is 0 Å². The Hall–Kier alpha value is -1.04. The fourth-order valence-corrected chi connectivity index (χ4v) is 1.36. The van der Waals surface area contributed by atoms with E-state index in [0.29, 0.717) is 0 Å². The van der Waals surface area contributed by atoms with Crippen molar-refractivity contribution in [2.75, 3.05) is 7.11 Å². The molecule has 0 bridgehead atoms.